The Morgan fingerprint density at radius 1 is 0.900 bits per heavy atom. The van der Waals surface area contributed by atoms with E-state index in [1.165, 1.54) is 4.90 Å². The third-order valence-corrected chi connectivity index (χ3v) is 11.1. The number of amides is 3. The summed E-state index contributed by atoms with van der Waals surface area (Å²) in [6.07, 6.45) is 1.42. The van der Waals surface area contributed by atoms with Gasteiger partial charge in [-0.2, -0.15) is 0 Å². The Bertz CT molecular complexity index is 2400. The molecule has 0 spiro atoms. The van der Waals surface area contributed by atoms with Crippen molar-refractivity contribution in [2.45, 2.75) is 84.3 Å². The van der Waals surface area contributed by atoms with Gasteiger partial charge in [-0.15, -0.1) is 0 Å². The fourth-order valence-corrected chi connectivity index (χ4v) is 7.30. The first-order valence-corrected chi connectivity index (χ1v) is 20.3. The van der Waals surface area contributed by atoms with Crippen molar-refractivity contribution >= 4 is 41.1 Å². The second kappa shape index (κ2) is 17.7. The molecule has 3 amide bonds. The van der Waals surface area contributed by atoms with E-state index in [4.69, 9.17) is 42.1 Å². The summed E-state index contributed by atoms with van der Waals surface area (Å²) in [5.41, 5.74) is 5.21. The van der Waals surface area contributed by atoms with Gasteiger partial charge in [-0.1, -0.05) is 53.5 Å². The predicted molar refractivity (Wildman–Crippen MR) is 227 cm³/mol. The van der Waals surface area contributed by atoms with Crippen LogP contribution in [0.1, 0.15) is 65.9 Å². The van der Waals surface area contributed by atoms with E-state index in [0.29, 0.717) is 51.0 Å². The Balaban J connectivity index is 1.04. The molecule has 0 unspecified atom stereocenters. The molecule has 1 aromatic heterocycles. The van der Waals surface area contributed by atoms with Crippen molar-refractivity contribution in [3.05, 3.63) is 140 Å². The molecule has 60 heavy (non-hydrogen) atoms. The number of halogens is 2. The van der Waals surface area contributed by atoms with Gasteiger partial charge in [0.2, 0.25) is 5.91 Å². The number of nitrogens with zero attached hydrogens (tertiary/aromatic N) is 2. The number of fused-ring (bicyclic) bond motifs is 2. The molecule has 2 aliphatic heterocycles. The SMILES string of the molecule is Cc1nccc(Oc2ccc(C[C@H](NC(=O)[C@@H]3Cc4cc5c(cc4CN3C(=O)NC(C)(C)C)O[C@@H](c3ccc(OCc4ccc(Cl)c(Cl)c4)cc3)CO5)C(=O)O)cc2)c1C. The summed E-state index contributed by atoms with van der Waals surface area (Å²) in [4.78, 5) is 46.1. The zero-order valence-electron chi connectivity index (χ0n) is 33.9. The van der Waals surface area contributed by atoms with Crippen molar-refractivity contribution in [1.29, 1.82) is 0 Å². The van der Waals surface area contributed by atoms with Gasteiger partial charge in [0.1, 0.15) is 42.5 Å². The van der Waals surface area contributed by atoms with Crippen LogP contribution >= 0.6 is 23.2 Å². The molecule has 312 valence electrons. The smallest absolute Gasteiger partial charge is 0.326 e. The van der Waals surface area contributed by atoms with E-state index < -0.39 is 41.6 Å². The van der Waals surface area contributed by atoms with E-state index in [1.54, 1.807) is 48.7 Å². The molecule has 0 saturated carbocycles. The second-order valence-electron chi connectivity index (χ2n) is 16.0. The van der Waals surface area contributed by atoms with Crippen LogP contribution in [0.3, 0.4) is 0 Å². The highest BCUT2D eigenvalue weighted by Gasteiger charge is 2.39. The Morgan fingerprint density at radius 3 is 2.30 bits per heavy atom. The van der Waals surface area contributed by atoms with Crippen LogP contribution in [-0.4, -0.2) is 57.1 Å². The average Bonchev–Trinajstić information content (AvgIpc) is 3.21. The molecule has 0 radical (unpaired) electrons. The van der Waals surface area contributed by atoms with Crippen LogP contribution in [0.25, 0.3) is 0 Å². The molecule has 3 atom stereocenters. The van der Waals surface area contributed by atoms with Crippen LogP contribution in [0.4, 0.5) is 4.79 Å². The number of urea groups is 1. The molecule has 3 N–H and O–H groups in total. The zero-order chi connectivity index (χ0) is 42.7. The number of aliphatic carboxylic acids is 1. The average molecular weight is 854 g/mol. The highest BCUT2D eigenvalue weighted by Crippen LogP contribution is 2.41. The van der Waals surface area contributed by atoms with Crippen LogP contribution < -0.4 is 29.6 Å². The summed E-state index contributed by atoms with van der Waals surface area (Å²) in [5, 5.41) is 16.9. The number of carbonyl (C=O) groups excluding carboxylic acids is 2. The van der Waals surface area contributed by atoms with Crippen LogP contribution in [-0.2, 0) is 35.6 Å². The number of benzene rings is 4. The lowest BCUT2D eigenvalue weighted by Crippen LogP contribution is -2.59. The fraction of sp³-hybridized carbons (Fsp3) is 0.304. The summed E-state index contributed by atoms with van der Waals surface area (Å²) >= 11 is 12.2. The third kappa shape index (κ3) is 10.1. The standard InChI is InChI=1S/C46H46Cl2N4O8/c1-26-27(2)49-17-16-39(26)59-34-11-6-28(7-12-34)19-37(44(54)55)50-43(53)38-20-31-21-40-41(22-32(31)23-52(38)45(56)51-46(3,4)5)60-42(25-58-40)30-9-13-33(14-10-30)57-24-29-8-15-35(47)36(48)18-29/h6-18,21-22,37-38,42H,19-20,23-25H2,1-5H3,(H,50,53)(H,51,56)(H,54,55)/t37-,38-,42+/m0/s1. The number of pyridine rings is 1. The minimum atomic E-state index is -1.26. The summed E-state index contributed by atoms with van der Waals surface area (Å²) < 4.78 is 24.6. The molecule has 0 fully saturated rings. The summed E-state index contributed by atoms with van der Waals surface area (Å²) in [6, 6.07) is 22.7. The first kappa shape index (κ1) is 42.2. The number of nitrogens with one attached hydrogen (secondary N) is 2. The lowest BCUT2D eigenvalue weighted by atomic mass is 9.92. The lowest BCUT2D eigenvalue weighted by molar-refractivity contribution is -0.142. The maximum atomic E-state index is 14.1. The van der Waals surface area contributed by atoms with Crippen LogP contribution in [0.2, 0.25) is 10.0 Å². The number of ether oxygens (including phenoxy) is 4. The van der Waals surface area contributed by atoms with Crippen LogP contribution in [0, 0.1) is 13.8 Å². The monoisotopic (exact) mass is 852 g/mol. The summed E-state index contributed by atoms with van der Waals surface area (Å²) in [7, 11) is 0. The van der Waals surface area contributed by atoms with Gasteiger partial charge >= 0.3 is 12.0 Å². The van der Waals surface area contributed by atoms with Crippen molar-refractivity contribution in [3.63, 3.8) is 0 Å². The van der Waals surface area contributed by atoms with Gasteiger partial charge in [0.15, 0.2) is 17.6 Å². The molecule has 4 aromatic carbocycles. The third-order valence-electron chi connectivity index (χ3n) is 10.4. The molecule has 14 heteroatoms. The van der Waals surface area contributed by atoms with Gasteiger partial charge in [0.05, 0.1) is 10.0 Å². The van der Waals surface area contributed by atoms with Crippen molar-refractivity contribution in [1.82, 2.24) is 20.5 Å². The van der Waals surface area contributed by atoms with E-state index >= 15 is 0 Å². The Kier molecular flexibility index (Phi) is 12.4. The molecule has 3 heterocycles. The molecule has 7 rings (SSSR count). The fourth-order valence-electron chi connectivity index (χ4n) is 6.98. The number of rotatable bonds is 11. The largest absolute Gasteiger partial charge is 0.489 e. The minimum absolute atomic E-state index is 0.0145. The van der Waals surface area contributed by atoms with E-state index in [9.17, 15) is 19.5 Å². The number of carboxylic acid groups (broad SMARTS) is 1. The molecule has 0 saturated heterocycles. The number of aromatic nitrogens is 1. The first-order chi connectivity index (χ1) is 28.6. The van der Waals surface area contributed by atoms with Crippen molar-refractivity contribution in [2.24, 2.45) is 0 Å². The van der Waals surface area contributed by atoms with Crippen molar-refractivity contribution in [2.75, 3.05) is 6.61 Å². The maximum absolute atomic E-state index is 14.1. The van der Waals surface area contributed by atoms with E-state index in [1.807, 2.05) is 77.1 Å². The highest BCUT2D eigenvalue weighted by molar-refractivity contribution is 6.42. The second-order valence-corrected chi connectivity index (χ2v) is 16.8. The number of aryl methyl sites for hydroxylation is 1. The first-order valence-electron chi connectivity index (χ1n) is 19.5. The topological polar surface area (TPSA) is 149 Å². The Morgan fingerprint density at radius 2 is 1.60 bits per heavy atom. The number of carbonyl (C=O) groups is 3. The van der Waals surface area contributed by atoms with Crippen LogP contribution in [0.5, 0.6) is 28.7 Å². The van der Waals surface area contributed by atoms with Gasteiger partial charge in [-0.25, -0.2) is 9.59 Å². The minimum Gasteiger partial charge on any atom is -0.489 e. The molecule has 2 aliphatic rings. The molecule has 0 aliphatic carbocycles. The quantitative estimate of drug-likeness (QED) is 0.118. The number of hydrogen-bond acceptors (Lipinski definition) is 8. The Labute approximate surface area is 358 Å². The van der Waals surface area contributed by atoms with Crippen molar-refractivity contribution < 1.29 is 38.4 Å². The van der Waals surface area contributed by atoms with E-state index in [2.05, 4.69) is 15.6 Å². The van der Waals surface area contributed by atoms with E-state index in [0.717, 1.165) is 33.5 Å². The molecular weight excluding hydrogens is 807 g/mol. The summed E-state index contributed by atoms with van der Waals surface area (Å²) in [5.74, 6) is 1.17. The maximum Gasteiger partial charge on any atom is 0.326 e. The van der Waals surface area contributed by atoms with Crippen molar-refractivity contribution in [3.8, 4) is 28.7 Å². The Hall–Kier alpha value is -5.98. The lowest BCUT2D eigenvalue weighted by Gasteiger charge is -2.39. The number of hydrogen-bond donors (Lipinski definition) is 3. The zero-order valence-corrected chi connectivity index (χ0v) is 35.4. The molecule has 0 bridgehead atoms. The highest BCUT2D eigenvalue weighted by atomic mass is 35.5. The van der Waals surface area contributed by atoms with Gasteiger partial charge in [-0.05, 0) is 117 Å². The van der Waals surface area contributed by atoms with E-state index in [-0.39, 0.29) is 26.0 Å². The number of carboxylic acids is 1. The van der Waals surface area contributed by atoms with Gasteiger partial charge in [0, 0.05) is 42.4 Å². The molecule has 12 nitrogen and oxygen atoms in total. The summed E-state index contributed by atoms with van der Waals surface area (Å²) in [6.45, 7) is 10.0. The van der Waals surface area contributed by atoms with Gasteiger partial charge in [0.25, 0.3) is 0 Å². The predicted octanol–water partition coefficient (Wildman–Crippen LogP) is 8.94. The molecular formula is C46H46Cl2N4O8. The normalized spacial score (nSPS) is 16.3. The van der Waals surface area contributed by atoms with Gasteiger partial charge < -0.3 is 39.6 Å². The molecule has 5 aromatic rings. The van der Waals surface area contributed by atoms with Gasteiger partial charge in [-0.3, -0.25) is 9.78 Å². The van der Waals surface area contributed by atoms with Crippen LogP contribution in [0.15, 0.2) is 91.1 Å².